The summed E-state index contributed by atoms with van der Waals surface area (Å²) < 4.78 is 5.36. The topological polar surface area (TPSA) is 90.3 Å². The number of nitrogens with zero attached hydrogens (tertiary/aromatic N) is 2. The first kappa shape index (κ1) is 19.3. The highest BCUT2D eigenvalue weighted by Gasteiger charge is 2.27. The van der Waals surface area contributed by atoms with Gasteiger partial charge in [0.05, 0.1) is 17.2 Å². The third-order valence-corrected chi connectivity index (χ3v) is 4.14. The molecule has 1 saturated heterocycles. The fraction of sp³-hybridized carbons (Fsp3) is 0.529. The lowest BCUT2D eigenvalue weighted by Crippen LogP contribution is -2.50. The van der Waals surface area contributed by atoms with Crippen LogP contribution in [0.1, 0.15) is 36.7 Å². The van der Waals surface area contributed by atoms with Gasteiger partial charge >= 0.3 is 12.1 Å². The van der Waals surface area contributed by atoms with Gasteiger partial charge in [0, 0.05) is 31.9 Å². The van der Waals surface area contributed by atoms with Crippen LogP contribution < -0.4 is 4.90 Å². The molecule has 1 aromatic carbocycles. The zero-order valence-corrected chi connectivity index (χ0v) is 15.3. The second kappa shape index (κ2) is 7.49. The zero-order valence-electron chi connectivity index (χ0n) is 14.6. The highest BCUT2D eigenvalue weighted by molar-refractivity contribution is 6.34. The molecule has 0 unspecified atom stereocenters. The molecule has 1 fully saturated rings. The van der Waals surface area contributed by atoms with Crippen molar-refractivity contribution >= 4 is 29.4 Å². The number of hydrogen-bond donors (Lipinski definition) is 2. The van der Waals surface area contributed by atoms with Gasteiger partial charge in [0.15, 0.2) is 0 Å². The van der Waals surface area contributed by atoms with Crippen molar-refractivity contribution in [3.05, 3.63) is 28.3 Å². The number of carbonyl (C=O) groups is 2. The van der Waals surface area contributed by atoms with Crippen molar-refractivity contribution in [1.29, 1.82) is 0 Å². The van der Waals surface area contributed by atoms with Gasteiger partial charge in [-0.1, -0.05) is 11.6 Å². The van der Waals surface area contributed by atoms with Crippen molar-refractivity contribution in [3.8, 4) is 0 Å². The van der Waals surface area contributed by atoms with Gasteiger partial charge in [-0.15, -0.1) is 0 Å². The number of amides is 1. The average Bonchev–Trinajstić information content (AvgIpc) is 2.52. The number of carboxylic acid groups (broad SMARTS) is 1. The lowest BCUT2D eigenvalue weighted by Gasteiger charge is -2.37. The summed E-state index contributed by atoms with van der Waals surface area (Å²) in [4.78, 5) is 27.0. The van der Waals surface area contributed by atoms with Gasteiger partial charge in [0.25, 0.3) is 0 Å². The summed E-state index contributed by atoms with van der Waals surface area (Å²) in [5, 5.41) is 18.7. The van der Waals surface area contributed by atoms with Crippen molar-refractivity contribution in [2.24, 2.45) is 0 Å². The molecule has 8 heteroatoms. The van der Waals surface area contributed by atoms with Gasteiger partial charge in [-0.05, 0) is 38.5 Å². The molecule has 1 aliphatic rings. The van der Waals surface area contributed by atoms with E-state index >= 15 is 0 Å². The smallest absolute Gasteiger partial charge is 0.410 e. The molecule has 0 atom stereocenters. The Labute approximate surface area is 151 Å². The van der Waals surface area contributed by atoms with Crippen LogP contribution in [0.5, 0.6) is 0 Å². The summed E-state index contributed by atoms with van der Waals surface area (Å²) in [6.07, 6.45) is -0.345. The number of aromatic carboxylic acids is 1. The molecule has 138 valence electrons. The fourth-order valence-corrected chi connectivity index (χ4v) is 2.98. The monoisotopic (exact) mass is 370 g/mol. The van der Waals surface area contributed by atoms with Crippen LogP contribution in [0.25, 0.3) is 0 Å². The lowest BCUT2D eigenvalue weighted by molar-refractivity contribution is 0.0240. The number of benzene rings is 1. The predicted molar refractivity (Wildman–Crippen MR) is 94.4 cm³/mol. The van der Waals surface area contributed by atoms with Crippen LogP contribution in [0.4, 0.5) is 10.5 Å². The first-order valence-electron chi connectivity index (χ1n) is 8.02. The summed E-state index contributed by atoms with van der Waals surface area (Å²) in [6.45, 7) is 7.16. The van der Waals surface area contributed by atoms with Gasteiger partial charge in [-0.3, -0.25) is 0 Å². The molecule has 0 saturated carbocycles. The zero-order chi connectivity index (χ0) is 18.8. The summed E-state index contributed by atoms with van der Waals surface area (Å²) in [5.74, 6) is -1.17. The molecular weight excluding hydrogens is 348 g/mol. The minimum atomic E-state index is -1.17. The van der Waals surface area contributed by atoms with Gasteiger partial charge in [0.2, 0.25) is 0 Å². The first-order chi connectivity index (χ1) is 11.6. The van der Waals surface area contributed by atoms with Crippen LogP contribution in [0.2, 0.25) is 5.02 Å². The van der Waals surface area contributed by atoms with Crippen LogP contribution in [0, 0.1) is 0 Å². The minimum absolute atomic E-state index is 0.0830. The molecule has 2 rings (SSSR count). The minimum Gasteiger partial charge on any atom is -0.478 e. The summed E-state index contributed by atoms with van der Waals surface area (Å²) in [7, 11) is 0. The van der Waals surface area contributed by atoms with Crippen LogP contribution in [0.3, 0.4) is 0 Å². The van der Waals surface area contributed by atoms with E-state index in [0.717, 1.165) is 5.69 Å². The summed E-state index contributed by atoms with van der Waals surface area (Å²) in [5.41, 5.74) is 0.373. The van der Waals surface area contributed by atoms with Crippen molar-refractivity contribution < 1.29 is 24.5 Å². The van der Waals surface area contributed by atoms with E-state index in [1.54, 1.807) is 17.0 Å². The Morgan fingerprint density at radius 2 is 1.80 bits per heavy atom. The van der Waals surface area contributed by atoms with Gasteiger partial charge in [-0.25, -0.2) is 9.59 Å². The molecule has 0 bridgehead atoms. The van der Waals surface area contributed by atoms with Gasteiger partial charge < -0.3 is 24.7 Å². The number of aliphatic hydroxyl groups excluding tert-OH is 1. The van der Waals surface area contributed by atoms with Gasteiger partial charge in [-0.2, -0.15) is 0 Å². The lowest BCUT2D eigenvalue weighted by atomic mass is 10.1. The SMILES string of the molecule is CC(C)(C)OC(=O)N1CCN(c2cc(Cl)c(C(=O)O)c(CO)c2)CC1. The number of rotatable bonds is 3. The van der Waals surface area contributed by atoms with Crippen molar-refractivity contribution in [2.45, 2.75) is 33.0 Å². The third kappa shape index (κ3) is 4.76. The van der Waals surface area contributed by atoms with Gasteiger partial charge in [0.1, 0.15) is 5.60 Å². The predicted octanol–water partition coefficient (Wildman–Crippen LogP) is 2.59. The maximum absolute atomic E-state index is 12.1. The number of piperazine rings is 1. The van der Waals surface area contributed by atoms with Crippen molar-refractivity contribution in [2.75, 3.05) is 31.1 Å². The van der Waals surface area contributed by atoms with E-state index in [1.807, 2.05) is 25.7 Å². The Hall–Kier alpha value is -1.99. The van der Waals surface area contributed by atoms with Crippen molar-refractivity contribution in [1.82, 2.24) is 4.90 Å². The molecule has 1 aromatic rings. The number of hydrogen-bond acceptors (Lipinski definition) is 5. The number of aliphatic hydroxyl groups is 1. The van der Waals surface area contributed by atoms with E-state index < -0.39 is 18.2 Å². The Bertz CT molecular complexity index is 664. The van der Waals surface area contributed by atoms with Crippen LogP contribution in [0.15, 0.2) is 12.1 Å². The maximum Gasteiger partial charge on any atom is 0.410 e. The van der Waals surface area contributed by atoms with E-state index in [0.29, 0.717) is 26.2 Å². The van der Waals surface area contributed by atoms with E-state index in [-0.39, 0.29) is 22.2 Å². The normalized spacial score (nSPS) is 15.2. The standard InChI is InChI=1S/C17H23ClN2O5/c1-17(2,3)25-16(24)20-6-4-19(5-7-20)12-8-11(10-21)14(15(22)23)13(18)9-12/h8-9,21H,4-7,10H2,1-3H3,(H,22,23). The van der Waals surface area contributed by atoms with Crippen LogP contribution in [-0.2, 0) is 11.3 Å². The highest BCUT2D eigenvalue weighted by Crippen LogP contribution is 2.29. The number of carboxylic acids is 1. The molecule has 0 aromatic heterocycles. The number of carbonyl (C=O) groups excluding carboxylic acids is 1. The Kier molecular flexibility index (Phi) is 5.80. The molecule has 0 spiro atoms. The maximum atomic E-state index is 12.1. The molecule has 7 nitrogen and oxygen atoms in total. The Balaban J connectivity index is 2.09. The summed E-state index contributed by atoms with van der Waals surface area (Å²) >= 11 is 6.08. The molecule has 0 radical (unpaired) electrons. The molecule has 2 N–H and O–H groups in total. The number of halogens is 1. The number of anilines is 1. The second-order valence-corrected chi connectivity index (χ2v) is 7.29. The Morgan fingerprint density at radius 3 is 2.28 bits per heavy atom. The fourth-order valence-electron chi connectivity index (χ4n) is 2.67. The second-order valence-electron chi connectivity index (χ2n) is 6.88. The average molecular weight is 371 g/mol. The van der Waals surface area contributed by atoms with Crippen LogP contribution >= 0.6 is 11.6 Å². The summed E-state index contributed by atoms with van der Waals surface area (Å²) in [6, 6.07) is 3.20. The van der Waals surface area contributed by atoms with Crippen LogP contribution in [-0.4, -0.2) is 59.0 Å². The quantitative estimate of drug-likeness (QED) is 0.849. The largest absolute Gasteiger partial charge is 0.478 e. The van der Waals surface area contributed by atoms with E-state index in [1.165, 1.54) is 0 Å². The molecule has 1 heterocycles. The van der Waals surface area contributed by atoms with E-state index in [9.17, 15) is 19.8 Å². The van der Waals surface area contributed by atoms with Crippen molar-refractivity contribution in [3.63, 3.8) is 0 Å². The third-order valence-electron chi connectivity index (χ3n) is 3.84. The Morgan fingerprint density at radius 1 is 1.20 bits per heavy atom. The number of ether oxygens (including phenoxy) is 1. The molecular formula is C17H23ClN2O5. The molecule has 1 amide bonds. The van der Waals surface area contributed by atoms with E-state index in [2.05, 4.69) is 0 Å². The molecule has 1 aliphatic heterocycles. The highest BCUT2D eigenvalue weighted by atomic mass is 35.5. The molecule has 0 aliphatic carbocycles. The first-order valence-corrected chi connectivity index (χ1v) is 8.39. The van der Waals surface area contributed by atoms with E-state index in [4.69, 9.17) is 16.3 Å². The molecule has 25 heavy (non-hydrogen) atoms.